The van der Waals surface area contributed by atoms with Crippen molar-refractivity contribution in [3.63, 3.8) is 0 Å². The molecular weight excluding hydrogens is 268 g/mol. The molecule has 1 aromatic carbocycles. The molecule has 0 aliphatic heterocycles. The van der Waals surface area contributed by atoms with Gasteiger partial charge in [-0.15, -0.1) is 11.3 Å². The van der Waals surface area contributed by atoms with Gasteiger partial charge in [-0.3, -0.25) is 0 Å². The number of hydrogen-bond donors (Lipinski definition) is 1. The Morgan fingerprint density at radius 1 is 1.20 bits per heavy atom. The van der Waals surface area contributed by atoms with Crippen LogP contribution < -0.4 is 5.32 Å². The van der Waals surface area contributed by atoms with Crippen LogP contribution >= 0.6 is 11.3 Å². The lowest BCUT2D eigenvalue weighted by Crippen LogP contribution is -2.01. The van der Waals surface area contributed by atoms with E-state index in [0.29, 0.717) is 0 Å². The monoisotopic (exact) mass is 284 g/mol. The van der Waals surface area contributed by atoms with E-state index in [9.17, 15) is 0 Å². The van der Waals surface area contributed by atoms with Crippen molar-refractivity contribution in [2.24, 2.45) is 0 Å². The average Bonchev–Trinajstić information content (AvgIpc) is 3.06. The van der Waals surface area contributed by atoms with Gasteiger partial charge < -0.3 is 5.32 Å². The molecule has 0 atom stereocenters. The van der Waals surface area contributed by atoms with Crippen LogP contribution in [0.4, 0.5) is 5.13 Å². The third-order valence-corrected chi connectivity index (χ3v) is 4.21. The number of anilines is 1. The van der Waals surface area contributed by atoms with Gasteiger partial charge in [-0.1, -0.05) is 18.2 Å². The Labute approximate surface area is 122 Å². The molecule has 0 fully saturated rings. The second-order valence-corrected chi connectivity index (χ2v) is 5.49. The first kappa shape index (κ1) is 12.9. The van der Waals surface area contributed by atoms with Gasteiger partial charge in [-0.2, -0.15) is 5.10 Å². The van der Waals surface area contributed by atoms with Crippen LogP contribution in [0.1, 0.15) is 11.3 Å². The quantitative estimate of drug-likeness (QED) is 0.798. The summed E-state index contributed by atoms with van der Waals surface area (Å²) in [7, 11) is 1.88. The second-order valence-electron chi connectivity index (χ2n) is 4.63. The maximum absolute atomic E-state index is 4.54. The number of nitrogens with zero attached hydrogens (tertiary/aromatic N) is 3. The van der Waals surface area contributed by atoms with E-state index >= 15 is 0 Å². The highest BCUT2D eigenvalue weighted by Crippen LogP contribution is 2.28. The molecule has 4 nitrogen and oxygen atoms in total. The van der Waals surface area contributed by atoms with Crippen molar-refractivity contribution in [3.8, 4) is 16.9 Å². The smallest absolute Gasteiger partial charge is 0.182 e. The van der Waals surface area contributed by atoms with Crippen molar-refractivity contribution < 1.29 is 0 Å². The number of para-hydroxylation sites is 1. The molecular formula is C15H16N4S. The molecule has 0 aliphatic rings. The van der Waals surface area contributed by atoms with E-state index in [0.717, 1.165) is 27.8 Å². The standard InChI is InChI=1S/C15H16N4S/c1-10-6-4-5-7-14(10)19-11(2)12(8-17-19)13-9-20-15(16-3)18-13/h4-9H,1-3H3,(H,16,18). The number of rotatable bonds is 3. The van der Waals surface area contributed by atoms with Crippen LogP contribution in [0.25, 0.3) is 16.9 Å². The lowest BCUT2D eigenvalue weighted by molar-refractivity contribution is 0.840. The van der Waals surface area contributed by atoms with Crippen LogP contribution in [0.2, 0.25) is 0 Å². The summed E-state index contributed by atoms with van der Waals surface area (Å²) in [6.07, 6.45) is 1.89. The van der Waals surface area contributed by atoms with Crippen LogP contribution in [0.5, 0.6) is 0 Å². The molecule has 1 N–H and O–H groups in total. The van der Waals surface area contributed by atoms with Gasteiger partial charge in [-0.05, 0) is 25.5 Å². The maximum Gasteiger partial charge on any atom is 0.182 e. The van der Waals surface area contributed by atoms with Crippen LogP contribution in [0, 0.1) is 13.8 Å². The van der Waals surface area contributed by atoms with E-state index in [4.69, 9.17) is 0 Å². The molecule has 0 radical (unpaired) electrons. The lowest BCUT2D eigenvalue weighted by atomic mass is 10.2. The van der Waals surface area contributed by atoms with Gasteiger partial charge in [0.15, 0.2) is 5.13 Å². The number of nitrogens with one attached hydrogen (secondary N) is 1. The molecule has 3 aromatic rings. The van der Waals surface area contributed by atoms with Gasteiger partial charge in [0.2, 0.25) is 0 Å². The zero-order valence-corrected chi connectivity index (χ0v) is 12.5. The highest BCUT2D eigenvalue weighted by Gasteiger charge is 2.13. The summed E-state index contributed by atoms with van der Waals surface area (Å²) in [6.45, 7) is 4.17. The zero-order chi connectivity index (χ0) is 14.1. The Balaban J connectivity index is 2.07. The number of benzene rings is 1. The molecule has 2 heterocycles. The predicted molar refractivity (Wildman–Crippen MR) is 83.7 cm³/mol. The maximum atomic E-state index is 4.54. The number of aryl methyl sites for hydroxylation is 1. The highest BCUT2D eigenvalue weighted by molar-refractivity contribution is 7.14. The van der Waals surface area contributed by atoms with Crippen LogP contribution in [-0.2, 0) is 0 Å². The van der Waals surface area contributed by atoms with Crippen LogP contribution in [0.15, 0.2) is 35.8 Å². The second kappa shape index (κ2) is 5.09. The van der Waals surface area contributed by atoms with Gasteiger partial charge in [-0.25, -0.2) is 9.67 Å². The molecule has 3 rings (SSSR count). The number of hydrogen-bond acceptors (Lipinski definition) is 4. The van der Waals surface area contributed by atoms with E-state index in [2.05, 4.69) is 46.8 Å². The number of aromatic nitrogens is 3. The van der Waals surface area contributed by atoms with Crippen molar-refractivity contribution in [3.05, 3.63) is 47.1 Å². The Morgan fingerprint density at radius 2 is 2.00 bits per heavy atom. The molecule has 0 amide bonds. The van der Waals surface area contributed by atoms with Gasteiger partial charge in [0, 0.05) is 18.0 Å². The summed E-state index contributed by atoms with van der Waals surface area (Å²) in [5.41, 5.74) is 5.47. The van der Waals surface area contributed by atoms with Crippen LogP contribution in [0.3, 0.4) is 0 Å². The third kappa shape index (κ3) is 2.10. The summed E-state index contributed by atoms with van der Waals surface area (Å²) in [5.74, 6) is 0. The highest BCUT2D eigenvalue weighted by atomic mass is 32.1. The minimum Gasteiger partial charge on any atom is -0.365 e. The fourth-order valence-corrected chi connectivity index (χ4v) is 2.89. The first-order valence-electron chi connectivity index (χ1n) is 6.45. The van der Waals surface area contributed by atoms with E-state index in [1.165, 1.54) is 5.56 Å². The zero-order valence-electron chi connectivity index (χ0n) is 11.7. The van der Waals surface area contributed by atoms with E-state index in [1.807, 2.05) is 30.1 Å². The first-order chi connectivity index (χ1) is 9.70. The van der Waals surface area contributed by atoms with Crippen molar-refractivity contribution >= 4 is 16.5 Å². The van der Waals surface area contributed by atoms with Gasteiger partial charge in [0.05, 0.1) is 23.3 Å². The summed E-state index contributed by atoms with van der Waals surface area (Å²) in [5, 5.41) is 10.6. The summed E-state index contributed by atoms with van der Waals surface area (Å²) >= 11 is 1.60. The largest absolute Gasteiger partial charge is 0.365 e. The third-order valence-electron chi connectivity index (χ3n) is 3.35. The Kier molecular flexibility index (Phi) is 3.28. The summed E-state index contributed by atoms with van der Waals surface area (Å²) in [6, 6.07) is 8.25. The summed E-state index contributed by atoms with van der Waals surface area (Å²) in [4.78, 5) is 4.54. The molecule has 0 aliphatic carbocycles. The van der Waals surface area contributed by atoms with Gasteiger partial charge in [0.25, 0.3) is 0 Å². The van der Waals surface area contributed by atoms with E-state index in [-0.39, 0.29) is 0 Å². The Morgan fingerprint density at radius 3 is 2.70 bits per heavy atom. The van der Waals surface area contributed by atoms with Crippen molar-refractivity contribution in [1.29, 1.82) is 0 Å². The molecule has 0 unspecified atom stereocenters. The molecule has 20 heavy (non-hydrogen) atoms. The molecule has 2 aromatic heterocycles. The SMILES string of the molecule is CNc1nc(-c2cnn(-c3ccccc3C)c2C)cs1. The normalized spacial score (nSPS) is 10.8. The molecule has 0 saturated heterocycles. The predicted octanol–water partition coefficient (Wildman–Crippen LogP) is 3.65. The molecule has 0 spiro atoms. The minimum atomic E-state index is 0.919. The summed E-state index contributed by atoms with van der Waals surface area (Å²) < 4.78 is 1.98. The Hall–Kier alpha value is -2.14. The first-order valence-corrected chi connectivity index (χ1v) is 7.33. The van der Waals surface area contributed by atoms with Crippen molar-refractivity contribution in [1.82, 2.24) is 14.8 Å². The molecule has 102 valence electrons. The molecule has 0 saturated carbocycles. The van der Waals surface area contributed by atoms with Crippen molar-refractivity contribution in [2.75, 3.05) is 12.4 Å². The van der Waals surface area contributed by atoms with Crippen molar-refractivity contribution in [2.45, 2.75) is 13.8 Å². The fraction of sp³-hybridized carbons (Fsp3) is 0.200. The molecule has 0 bridgehead atoms. The molecule has 5 heteroatoms. The number of thiazole rings is 1. The minimum absolute atomic E-state index is 0.919. The van der Waals surface area contributed by atoms with E-state index < -0.39 is 0 Å². The van der Waals surface area contributed by atoms with Gasteiger partial charge in [0.1, 0.15) is 0 Å². The van der Waals surface area contributed by atoms with Crippen LogP contribution in [-0.4, -0.2) is 21.8 Å². The Bertz CT molecular complexity index is 742. The average molecular weight is 284 g/mol. The lowest BCUT2D eigenvalue weighted by Gasteiger charge is -2.08. The van der Waals surface area contributed by atoms with E-state index in [1.54, 1.807) is 11.3 Å². The topological polar surface area (TPSA) is 42.7 Å². The van der Waals surface area contributed by atoms with Gasteiger partial charge >= 0.3 is 0 Å². The fourth-order valence-electron chi connectivity index (χ4n) is 2.22.